The van der Waals surface area contributed by atoms with Crippen LogP contribution in [0.2, 0.25) is 0 Å². The van der Waals surface area contributed by atoms with Gasteiger partial charge in [0.25, 0.3) is 0 Å². The summed E-state index contributed by atoms with van der Waals surface area (Å²) in [4.78, 5) is 11.5. The van der Waals surface area contributed by atoms with Crippen molar-refractivity contribution in [2.24, 2.45) is 5.92 Å². The minimum absolute atomic E-state index is 0.227. The van der Waals surface area contributed by atoms with Crippen molar-refractivity contribution in [1.82, 2.24) is 10.6 Å². The number of nitrogens with one attached hydrogen (secondary N) is 2. The summed E-state index contributed by atoms with van der Waals surface area (Å²) in [5.41, 5.74) is 0.227. The number of rotatable bonds is 6. The predicted molar refractivity (Wildman–Crippen MR) is 78.5 cm³/mol. The third kappa shape index (κ3) is 3.73. The molecule has 3 fully saturated rings. The fraction of sp³-hybridized carbons (Fsp3) is 0.938. The van der Waals surface area contributed by atoms with Gasteiger partial charge in [-0.2, -0.15) is 0 Å². The highest BCUT2D eigenvalue weighted by molar-refractivity contribution is 5.80. The van der Waals surface area contributed by atoms with Gasteiger partial charge in [-0.15, -0.1) is 0 Å². The van der Waals surface area contributed by atoms with Crippen LogP contribution < -0.4 is 10.6 Å². The summed E-state index contributed by atoms with van der Waals surface area (Å²) in [7, 11) is 0. The van der Waals surface area contributed by atoms with Gasteiger partial charge in [-0.1, -0.05) is 19.3 Å². The van der Waals surface area contributed by atoms with E-state index >= 15 is 0 Å². The lowest BCUT2D eigenvalue weighted by atomic mass is 9.83. The zero-order chi connectivity index (χ0) is 13.8. The van der Waals surface area contributed by atoms with E-state index < -0.39 is 0 Å². The fourth-order valence-electron chi connectivity index (χ4n) is 3.63. The third-order valence-corrected chi connectivity index (χ3v) is 5.02. The minimum Gasteiger partial charge on any atom is -0.370 e. The first-order chi connectivity index (χ1) is 9.77. The van der Waals surface area contributed by atoms with Crippen LogP contribution in [0.3, 0.4) is 0 Å². The number of amides is 1. The molecule has 0 radical (unpaired) electrons. The molecule has 0 aromatic heterocycles. The number of hydrogen-bond acceptors (Lipinski definition) is 3. The van der Waals surface area contributed by atoms with Crippen molar-refractivity contribution in [2.45, 2.75) is 69.5 Å². The highest BCUT2D eigenvalue weighted by atomic mass is 16.5. The molecule has 3 rings (SSSR count). The molecule has 4 heteroatoms. The molecular weight excluding hydrogens is 252 g/mol. The van der Waals surface area contributed by atoms with Gasteiger partial charge in [0.1, 0.15) is 0 Å². The Balaban J connectivity index is 1.26. The van der Waals surface area contributed by atoms with Crippen LogP contribution in [0.25, 0.3) is 0 Å². The van der Waals surface area contributed by atoms with Gasteiger partial charge in [0.05, 0.1) is 11.7 Å². The van der Waals surface area contributed by atoms with E-state index in [4.69, 9.17) is 4.74 Å². The van der Waals surface area contributed by atoms with Crippen LogP contribution in [0.5, 0.6) is 0 Å². The van der Waals surface area contributed by atoms with E-state index in [1.807, 2.05) is 0 Å². The molecule has 1 aliphatic heterocycles. The van der Waals surface area contributed by atoms with E-state index in [9.17, 15) is 4.79 Å². The van der Waals surface area contributed by atoms with Gasteiger partial charge >= 0.3 is 0 Å². The van der Waals surface area contributed by atoms with Crippen molar-refractivity contribution in [3.63, 3.8) is 0 Å². The van der Waals surface area contributed by atoms with Gasteiger partial charge in [0.2, 0.25) is 5.91 Å². The van der Waals surface area contributed by atoms with Crippen LogP contribution in [0.4, 0.5) is 0 Å². The van der Waals surface area contributed by atoms with Crippen LogP contribution in [-0.4, -0.2) is 37.2 Å². The average Bonchev–Trinajstić information content (AvgIpc) is 3.24. The Morgan fingerprint density at radius 2 is 1.85 bits per heavy atom. The molecule has 3 aliphatic rings. The van der Waals surface area contributed by atoms with E-state index in [0.717, 1.165) is 32.5 Å². The number of ether oxygens (including phenoxy) is 1. The van der Waals surface area contributed by atoms with Crippen LogP contribution in [-0.2, 0) is 9.53 Å². The molecule has 2 saturated carbocycles. The molecule has 1 amide bonds. The Morgan fingerprint density at radius 3 is 2.60 bits per heavy atom. The highest BCUT2D eigenvalue weighted by Gasteiger charge is 2.40. The van der Waals surface area contributed by atoms with Crippen molar-refractivity contribution in [1.29, 1.82) is 0 Å². The van der Waals surface area contributed by atoms with Gasteiger partial charge in [-0.3, -0.25) is 4.79 Å². The molecule has 0 aromatic carbocycles. The number of carbonyl (C=O) groups excluding carboxylic acids is 1. The van der Waals surface area contributed by atoms with Gasteiger partial charge in [0.15, 0.2) is 0 Å². The molecule has 1 heterocycles. The molecule has 2 N–H and O–H groups in total. The first-order valence-corrected chi connectivity index (χ1v) is 8.44. The van der Waals surface area contributed by atoms with Gasteiger partial charge in [0, 0.05) is 25.6 Å². The molecule has 1 saturated heterocycles. The van der Waals surface area contributed by atoms with Crippen molar-refractivity contribution in [3.8, 4) is 0 Å². The van der Waals surface area contributed by atoms with Crippen LogP contribution in [0.1, 0.15) is 57.8 Å². The molecule has 20 heavy (non-hydrogen) atoms. The van der Waals surface area contributed by atoms with Gasteiger partial charge in [-0.25, -0.2) is 0 Å². The Bertz CT molecular complexity index is 335. The smallest absolute Gasteiger partial charge is 0.223 e. The molecule has 4 nitrogen and oxygen atoms in total. The second-order valence-corrected chi connectivity index (χ2v) is 6.79. The molecule has 0 bridgehead atoms. The first-order valence-electron chi connectivity index (χ1n) is 8.44. The lowest BCUT2D eigenvalue weighted by Gasteiger charge is -2.33. The molecule has 114 valence electrons. The molecule has 1 atom stereocenters. The molecule has 1 spiro atoms. The van der Waals surface area contributed by atoms with Crippen LogP contribution in [0.15, 0.2) is 0 Å². The fourth-order valence-corrected chi connectivity index (χ4v) is 3.63. The number of hydrogen-bond donors (Lipinski definition) is 2. The lowest BCUT2D eigenvalue weighted by Crippen LogP contribution is -2.37. The summed E-state index contributed by atoms with van der Waals surface area (Å²) in [6.45, 7) is 2.53. The Labute approximate surface area is 122 Å². The lowest BCUT2D eigenvalue weighted by molar-refractivity contribution is -0.122. The Kier molecular flexibility index (Phi) is 4.61. The van der Waals surface area contributed by atoms with E-state index in [2.05, 4.69) is 10.6 Å². The largest absolute Gasteiger partial charge is 0.370 e. The third-order valence-electron chi connectivity index (χ3n) is 5.02. The summed E-state index contributed by atoms with van der Waals surface area (Å²) in [6.07, 6.45) is 11.6. The topological polar surface area (TPSA) is 50.4 Å². The maximum Gasteiger partial charge on any atom is 0.223 e. The van der Waals surface area contributed by atoms with Crippen molar-refractivity contribution >= 4 is 5.91 Å². The predicted octanol–water partition coefficient (Wildman–Crippen LogP) is 1.98. The van der Waals surface area contributed by atoms with Gasteiger partial charge < -0.3 is 15.4 Å². The highest BCUT2D eigenvalue weighted by Crippen LogP contribution is 2.41. The van der Waals surface area contributed by atoms with Crippen LogP contribution in [0, 0.1) is 5.92 Å². The maximum absolute atomic E-state index is 11.5. The SMILES string of the molecule is O=C(NCCNCC1CCC2(CCCCC2)O1)C1CC1. The van der Waals surface area contributed by atoms with E-state index in [1.165, 1.54) is 44.9 Å². The summed E-state index contributed by atoms with van der Waals surface area (Å²) in [5, 5.41) is 6.41. The summed E-state index contributed by atoms with van der Waals surface area (Å²) >= 11 is 0. The van der Waals surface area contributed by atoms with E-state index in [-0.39, 0.29) is 11.5 Å². The summed E-state index contributed by atoms with van der Waals surface area (Å²) in [6, 6.07) is 0. The zero-order valence-electron chi connectivity index (χ0n) is 12.5. The van der Waals surface area contributed by atoms with E-state index in [1.54, 1.807) is 0 Å². The molecule has 1 unspecified atom stereocenters. The number of carbonyl (C=O) groups is 1. The van der Waals surface area contributed by atoms with Crippen LogP contribution >= 0.6 is 0 Å². The summed E-state index contributed by atoms with van der Waals surface area (Å²) < 4.78 is 6.32. The Morgan fingerprint density at radius 1 is 1.05 bits per heavy atom. The molecular formula is C16H28N2O2. The molecule has 0 aromatic rings. The Hall–Kier alpha value is -0.610. The molecule has 2 aliphatic carbocycles. The van der Waals surface area contributed by atoms with Gasteiger partial charge in [-0.05, 0) is 38.5 Å². The zero-order valence-corrected chi connectivity index (χ0v) is 12.5. The average molecular weight is 280 g/mol. The van der Waals surface area contributed by atoms with Crippen molar-refractivity contribution < 1.29 is 9.53 Å². The second kappa shape index (κ2) is 6.44. The quantitative estimate of drug-likeness (QED) is 0.732. The van der Waals surface area contributed by atoms with Crippen molar-refractivity contribution in [2.75, 3.05) is 19.6 Å². The minimum atomic E-state index is 0.227. The van der Waals surface area contributed by atoms with Crippen molar-refractivity contribution in [3.05, 3.63) is 0 Å². The first kappa shape index (κ1) is 14.3. The summed E-state index contributed by atoms with van der Waals surface area (Å²) in [5.74, 6) is 0.560. The monoisotopic (exact) mass is 280 g/mol. The second-order valence-electron chi connectivity index (χ2n) is 6.79. The normalized spacial score (nSPS) is 28.7. The van der Waals surface area contributed by atoms with E-state index in [0.29, 0.717) is 12.0 Å². The maximum atomic E-state index is 11.5. The standard InChI is InChI=1S/C16H28N2O2/c19-15(13-4-5-13)18-11-10-17-12-14-6-9-16(20-14)7-2-1-3-8-16/h13-14,17H,1-12H2,(H,18,19).